The zero-order valence-electron chi connectivity index (χ0n) is 20.3. The summed E-state index contributed by atoms with van der Waals surface area (Å²) in [5.74, 6) is 0.447. The zero-order chi connectivity index (χ0) is 24.3. The lowest BCUT2D eigenvalue weighted by Crippen LogP contribution is -2.47. The Labute approximate surface area is 201 Å². The van der Waals surface area contributed by atoms with Gasteiger partial charge in [0, 0.05) is 38.0 Å². The molecule has 1 atom stereocenters. The summed E-state index contributed by atoms with van der Waals surface area (Å²) in [5, 5.41) is 4.36. The van der Waals surface area contributed by atoms with Crippen LogP contribution in [0.1, 0.15) is 58.8 Å². The summed E-state index contributed by atoms with van der Waals surface area (Å²) in [6.07, 6.45) is 7.94. The molecule has 1 saturated heterocycles. The van der Waals surface area contributed by atoms with Crippen LogP contribution in [0.4, 0.5) is 14.6 Å². The molecule has 6 nitrogen and oxygen atoms in total. The quantitative estimate of drug-likeness (QED) is 0.484. The monoisotopic (exact) mass is 497 g/mol. The fourth-order valence-electron chi connectivity index (χ4n) is 5.44. The van der Waals surface area contributed by atoms with Gasteiger partial charge in [-0.3, -0.25) is 4.90 Å². The van der Waals surface area contributed by atoms with Crippen LogP contribution in [0.25, 0.3) is 11.0 Å². The fourth-order valence-corrected chi connectivity index (χ4v) is 6.50. The average molecular weight is 498 g/mol. The van der Waals surface area contributed by atoms with Gasteiger partial charge in [-0.2, -0.15) is 0 Å². The number of hydrogen-bond donors (Lipinski definition) is 0. The molecule has 0 spiro atoms. The van der Waals surface area contributed by atoms with Crippen molar-refractivity contribution >= 4 is 26.6 Å². The van der Waals surface area contributed by atoms with E-state index in [-0.39, 0.29) is 16.6 Å². The molecule has 190 valence electrons. The van der Waals surface area contributed by atoms with E-state index in [9.17, 15) is 17.2 Å². The maximum atomic E-state index is 13.7. The molecule has 1 saturated carbocycles. The average Bonchev–Trinajstić information content (AvgIpc) is 3.24. The van der Waals surface area contributed by atoms with E-state index in [2.05, 4.69) is 15.0 Å². The normalized spacial score (nSPS) is 23.5. The molecule has 1 aliphatic heterocycles. The van der Waals surface area contributed by atoms with Crippen LogP contribution in [0.2, 0.25) is 0 Å². The first-order chi connectivity index (χ1) is 16.3. The second-order valence-corrected chi connectivity index (χ2v) is 12.8. The van der Waals surface area contributed by atoms with Gasteiger partial charge in [0.05, 0.1) is 10.6 Å². The molecule has 2 fully saturated rings. The van der Waals surface area contributed by atoms with Crippen molar-refractivity contribution in [2.24, 2.45) is 11.8 Å². The van der Waals surface area contributed by atoms with Gasteiger partial charge in [-0.15, -0.1) is 0 Å². The van der Waals surface area contributed by atoms with E-state index in [1.807, 2.05) is 6.92 Å². The highest BCUT2D eigenvalue weighted by Gasteiger charge is 2.26. The summed E-state index contributed by atoms with van der Waals surface area (Å²) in [6.45, 7) is 8.06. The molecule has 1 aromatic carbocycles. The number of piperazine rings is 1. The summed E-state index contributed by atoms with van der Waals surface area (Å²) < 4.78 is 56.3. The van der Waals surface area contributed by atoms with Crippen LogP contribution >= 0.6 is 0 Å². The number of sulfone groups is 1. The van der Waals surface area contributed by atoms with Crippen LogP contribution in [0, 0.1) is 23.5 Å². The molecule has 0 N–H and O–H groups in total. The minimum Gasteiger partial charge on any atom is -0.354 e. The van der Waals surface area contributed by atoms with Crippen LogP contribution in [0.5, 0.6) is 0 Å². The molecule has 2 aliphatic rings. The van der Waals surface area contributed by atoms with E-state index in [1.54, 1.807) is 6.92 Å². The Morgan fingerprint density at radius 2 is 1.65 bits per heavy atom. The van der Waals surface area contributed by atoms with Crippen molar-refractivity contribution in [3.8, 4) is 0 Å². The zero-order valence-corrected chi connectivity index (χ0v) is 21.1. The Morgan fingerprint density at radius 3 is 2.29 bits per heavy atom. The third-order valence-electron chi connectivity index (χ3n) is 7.98. The topological polar surface area (TPSA) is 66.7 Å². The highest BCUT2D eigenvalue weighted by atomic mass is 32.2. The number of halogens is 2. The molecule has 1 aromatic heterocycles. The van der Waals surface area contributed by atoms with Crippen molar-refractivity contribution in [3.05, 3.63) is 23.8 Å². The molecule has 1 unspecified atom stereocenters. The largest absolute Gasteiger partial charge is 0.354 e. The standard InChI is InChI=1S/C25H37F2N3O3S/c1-3-34(31,32)18(2)4-5-19-6-8-20(9-7-19)10-11-29-12-14-30(15-13-29)25-21-16-22(26)23(27)17-24(21)33-28-25/h16-20H,3-15H2,1-2H3. The maximum absolute atomic E-state index is 13.7. The lowest BCUT2D eigenvalue weighted by molar-refractivity contribution is 0.199. The van der Waals surface area contributed by atoms with Crippen molar-refractivity contribution < 1.29 is 21.7 Å². The van der Waals surface area contributed by atoms with Crippen LogP contribution < -0.4 is 4.90 Å². The summed E-state index contributed by atoms with van der Waals surface area (Å²) in [5.41, 5.74) is 0.272. The molecule has 0 bridgehead atoms. The first kappa shape index (κ1) is 25.4. The first-order valence-electron chi connectivity index (χ1n) is 12.7. The number of fused-ring (bicyclic) bond motifs is 1. The Kier molecular flexibility index (Phi) is 8.12. The molecule has 2 aromatic rings. The second kappa shape index (κ2) is 10.9. The van der Waals surface area contributed by atoms with E-state index < -0.39 is 21.5 Å². The van der Waals surface area contributed by atoms with E-state index in [4.69, 9.17) is 4.52 Å². The van der Waals surface area contributed by atoms with Gasteiger partial charge in [-0.25, -0.2) is 17.2 Å². The highest BCUT2D eigenvalue weighted by Crippen LogP contribution is 2.34. The Bertz CT molecular complexity index is 1060. The highest BCUT2D eigenvalue weighted by molar-refractivity contribution is 7.91. The van der Waals surface area contributed by atoms with E-state index in [1.165, 1.54) is 38.2 Å². The van der Waals surface area contributed by atoms with Gasteiger partial charge < -0.3 is 9.42 Å². The van der Waals surface area contributed by atoms with Crippen LogP contribution in [0.15, 0.2) is 16.7 Å². The van der Waals surface area contributed by atoms with Gasteiger partial charge in [0.2, 0.25) is 0 Å². The number of anilines is 1. The maximum Gasteiger partial charge on any atom is 0.180 e. The van der Waals surface area contributed by atoms with Gasteiger partial charge in [0.1, 0.15) is 0 Å². The van der Waals surface area contributed by atoms with Gasteiger partial charge >= 0.3 is 0 Å². The molecule has 2 heterocycles. The lowest BCUT2D eigenvalue weighted by Gasteiger charge is -2.36. The van der Waals surface area contributed by atoms with Gasteiger partial charge in [0.15, 0.2) is 32.9 Å². The Hall–Kier alpha value is -1.74. The summed E-state index contributed by atoms with van der Waals surface area (Å²) in [4.78, 5) is 4.56. The number of nitrogens with zero attached hydrogens (tertiary/aromatic N) is 3. The summed E-state index contributed by atoms with van der Waals surface area (Å²) >= 11 is 0. The third-order valence-corrected chi connectivity index (χ3v) is 10.2. The van der Waals surface area contributed by atoms with Crippen molar-refractivity contribution in [2.75, 3.05) is 43.4 Å². The van der Waals surface area contributed by atoms with Gasteiger partial charge in [-0.1, -0.05) is 37.8 Å². The van der Waals surface area contributed by atoms with Crippen molar-refractivity contribution in [1.82, 2.24) is 10.1 Å². The Morgan fingerprint density at radius 1 is 1.03 bits per heavy atom. The fraction of sp³-hybridized carbons (Fsp3) is 0.720. The van der Waals surface area contributed by atoms with Crippen LogP contribution in [-0.4, -0.2) is 62.2 Å². The number of rotatable bonds is 9. The van der Waals surface area contributed by atoms with Crippen molar-refractivity contribution in [1.29, 1.82) is 0 Å². The van der Waals surface area contributed by atoms with Crippen molar-refractivity contribution in [3.63, 3.8) is 0 Å². The van der Waals surface area contributed by atoms with Crippen LogP contribution in [-0.2, 0) is 9.84 Å². The predicted octanol–water partition coefficient (Wildman–Crippen LogP) is 5.03. The first-order valence-corrected chi connectivity index (χ1v) is 14.4. The predicted molar refractivity (Wildman–Crippen MR) is 131 cm³/mol. The third kappa shape index (κ3) is 5.90. The van der Waals surface area contributed by atoms with Crippen LogP contribution in [0.3, 0.4) is 0 Å². The lowest BCUT2D eigenvalue weighted by atomic mass is 9.78. The minimum atomic E-state index is -2.91. The molecular formula is C25H37F2N3O3S. The molecular weight excluding hydrogens is 460 g/mol. The smallest absolute Gasteiger partial charge is 0.180 e. The number of aromatic nitrogens is 1. The van der Waals surface area contributed by atoms with E-state index in [0.29, 0.717) is 17.1 Å². The SMILES string of the molecule is CCS(=O)(=O)C(C)CCC1CCC(CCN2CCN(c3noc4cc(F)c(F)cc34)CC2)CC1. The molecule has 4 rings (SSSR count). The Balaban J connectivity index is 1.17. The molecule has 9 heteroatoms. The molecule has 0 amide bonds. The number of hydrogen-bond acceptors (Lipinski definition) is 6. The van der Waals surface area contributed by atoms with Gasteiger partial charge in [-0.05, 0) is 50.6 Å². The number of benzene rings is 1. The van der Waals surface area contributed by atoms with Gasteiger partial charge in [0.25, 0.3) is 0 Å². The van der Waals surface area contributed by atoms with Crippen molar-refractivity contribution in [2.45, 2.75) is 64.0 Å². The second-order valence-electron chi connectivity index (χ2n) is 10.1. The molecule has 0 radical (unpaired) electrons. The van der Waals surface area contributed by atoms with E-state index >= 15 is 0 Å². The van der Waals surface area contributed by atoms with E-state index in [0.717, 1.165) is 57.5 Å². The minimum absolute atomic E-state index is 0.218. The molecule has 34 heavy (non-hydrogen) atoms. The summed E-state index contributed by atoms with van der Waals surface area (Å²) in [7, 11) is -2.91. The molecule has 1 aliphatic carbocycles. The summed E-state index contributed by atoms with van der Waals surface area (Å²) in [6, 6.07) is 2.22.